The van der Waals surface area contributed by atoms with E-state index in [-0.39, 0.29) is 18.4 Å². The third kappa shape index (κ3) is 5.20. The first-order valence-electron chi connectivity index (χ1n) is 9.76. The Hall–Kier alpha value is -2.66. The Balaban J connectivity index is 1.66. The lowest BCUT2D eigenvalue weighted by Gasteiger charge is -2.34. The van der Waals surface area contributed by atoms with Crippen LogP contribution >= 0.6 is 0 Å². The van der Waals surface area contributed by atoms with Crippen molar-refractivity contribution in [1.29, 1.82) is 0 Å². The van der Waals surface area contributed by atoms with E-state index in [1.165, 1.54) is 5.56 Å². The zero-order valence-electron chi connectivity index (χ0n) is 16.5. The monoisotopic (exact) mass is 380 g/mol. The fraction of sp³-hybridized carbons (Fsp3) is 0.391. The van der Waals surface area contributed by atoms with Crippen molar-refractivity contribution in [3.63, 3.8) is 0 Å². The van der Waals surface area contributed by atoms with Gasteiger partial charge in [0, 0.05) is 31.7 Å². The molecule has 2 aromatic carbocycles. The van der Waals surface area contributed by atoms with Crippen molar-refractivity contribution in [2.75, 3.05) is 20.1 Å². The van der Waals surface area contributed by atoms with Crippen molar-refractivity contribution in [3.8, 4) is 0 Å². The molecule has 2 unspecified atom stereocenters. The molecule has 0 bridgehead atoms. The maximum atomic E-state index is 13.0. The normalized spacial score (nSPS) is 19.6. The summed E-state index contributed by atoms with van der Waals surface area (Å²) in [6.45, 7) is 4.48. The van der Waals surface area contributed by atoms with Gasteiger partial charge in [-0.3, -0.25) is 14.5 Å². The van der Waals surface area contributed by atoms with Crippen molar-refractivity contribution in [1.82, 2.24) is 9.80 Å². The number of hydrogen-bond donors (Lipinski definition) is 1. The number of carboxylic acid groups (broad SMARTS) is 1. The Morgan fingerprint density at radius 1 is 1.04 bits per heavy atom. The Morgan fingerprint density at radius 3 is 2.43 bits per heavy atom. The number of piperidine rings is 1. The number of rotatable bonds is 6. The van der Waals surface area contributed by atoms with Gasteiger partial charge in [0.2, 0.25) is 0 Å². The predicted octanol–water partition coefficient (Wildman–Crippen LogP) is 3.50. The maximum Gasteiger partial charge on any atom is 0.308 e. The summed E-state index contributed by atoms with van der Waals surface area (Å²) < 4.78 is 0. The lowest BCUT2D eigenvalue weighted by Crippen LogP contribution is -2.45. The van der Waals surface area contributed by atoms with Crippen LogP contribution in [-0.4, -0.2) is 46.9 Å². The summed E-state index contributed by atoms with van der Waals surface area (Å²) in [5.41, 5.74) is 2.95. The number of nitrogens with zero attached hydrogens (tertiary/aromatic N) is 2. The van der Waals surface area contributed by atoms with Crippen molar-refractivity contribution >= 4 is 11.9 Å². The zero-order chi connectivity index (χ0) is 20.1. The molecule has 2 aromatic rings. The topological polar surface area (TPSA) is 60.9 Å². The molecule has 2 atom stereocenters. The van der Waals surface area contributed by atoms with Gasteiger partial charge in [-0.15, -0.1) is 0 Å². The van der Waals surface area contributed by atoms with Crippen LogP contribution in [0.3, 0.4) is 0 Å². The number of hydrogen-bond acceptors (Lipinski definition) is 3. The van der Waals surface area contributed by atoms with Gasteiger partial charge in [-0.05, 0) is 42.6 Å². The molecular weight excluding hydrogens is 352 g/mol. The Bertz CT molecular complexity index is 822. The zero-order valence-corrected chi connectivity index (χ0v) is 16.5. The SMILES string of the molecule is CC1CC(C(=O)O)CN(C(=O)c2cccc(CN(C)Cc3ccccc3)c2)C1. The largest absolute Gasteiger partial charge is 0.481 e. The van der Waals surface area contributed by atoms with E-state index in [0.29, 0.717) is 18.5 Å². The van der Waals surface area contributed by atoms with Gasteiger partial charge in [-0.25, -0.2) is 0 Å². The predicted molar refractivity (Wildman–Crippen MR) is 109 cm³/mol. The highest BCUT2D eigenvalue weighted by Crippen LogP contribution is 2.23. The van der Waals surface area contributed by atoms with Crippen molar-refractivity contribution in [3.05, 3.63) is 71.3 Å². The van der Waals surface area contributed by atoms with E-state index in [0.717, 1.165) is 18.7 Å². The van der Waals surface area contributed by atoms with Crippen LogP contribution in [0.1, 0.15) is 34.8 Å². The number of likely N-dealkylation sites (tertiary alicyclic amines) is 1. The maximum absolute atomic E-state index is 13.0. The number of carboxylic acids is 1. The van der Waals surface area contributed by atoms with Gasteiger partial charge in [0.15, 0.2) is 0 Å². The summed E-state index contributed by atoms with van der Waals surface area (Å²) in [7, 11) is 2.06. The first kappa shape index (κ1) is 20.1. The summed E-state index contributed by atoms with van der Waals surface area (Å²) >= 11 is 0. The quantitative estimate of drug-likeness (QED) is 0.833. The van der Waals surface area contributed by atoms with Crippen LogP contribution in [0, 0.1) is 11.8 Å². The van der Waals surface area contributed by atoms with Crippen LogP contribution in [0.4, 0.5) is 0 Å². The second-order valence-electron chi connectivity index (χ2n) is 7.94. The summed E-state index contributed by atoms with van der Waals surface area (Å²) in [6, 6.07) is 18.0. The van der Waals surface area contributed by atoms with E-state index in [1.807, 2.05) is 49.4 Å². The van der Waals surface area contributed by atoms with Crippen LogP contribution < -0.4 is 0 Å². The van der Waals surface area contributed by atoms with Gasteiger partial charge >= 0.3 is 5.97 Å². The van der Waals surface area contributed by atoms with E-state index in [9.17, 15) is 14.7 Å². The van der Waals surface area contributed by atoms with Gasteiger partial charge in [0.25, 0.3) is 5.91 Å². The van der Waals surface area contributed by atoms with Crippen LogP contribution in [0.5, 0.6) is 0 Å². The highest BCUT2D eigenvalue weighted by molar-refractivity contribution is 5.94. The summed E-state index contributed by atoms with van der Waals surface area (Å²) in [4.78, 5) is 28.3. The van der Waals surface area contributed by atoms with E-state index >= 15 is 0 Å². The molecule has 1 heterocycles. The molecule has 0 saturated carbocycles. The van der Waals surface area contributed by atoms with Crippen LogP contribution in [-0.2, 0) is 17.9 Å². The number of carbonyl (C=O) groups is 2. The molecule has 5 nitrogen and oxygen atoms in total. The molecular formula is C23H28N2O3. The van der Waals surface area contributed by atoms with Gasteiger partial charge < -0.3 is 10.0 Å². The highest BCUT2D eigenvalue weighted by atomic mass is 16.4. The molecule has 5 heteroatoms. The molecule has 0 aromatic heterocycles. The molecule has 1 amide bonds. The molecule has 1 saturated heterocycles. The molecule has 1 N–H and O–H groups in total. The summed E-state index contributed by atoms with van der Waals surface area (Å²) in [5.74, 6) is -1.18. The molecule has 0 spiro atoms. The van der Waals surface area contributed by atoms with Crippen LogP contribution in [0.2, 0.25) is 0 Å². The first-order chi connectivity index (χ1) is 13.4. The Morgan fingerprint density at radius 2 is 1.71 bits per heavy atom. The smallest absolute Gasteiger partial charge is 0.308 e. The minimum atomic E-state index is -0.819. The van der Waals surface area contributed by atoms with E-state index in [1.54, 1.807) is 4.90 Å². The van der Waals surface area contributed by atoms with E-state index < -0.39 is 11.9 Å². The number of aliphatic carboxylic acids is 1. The van der Waals surface area contributed by atoms with E-state index in [2.05, 4.69) is 24.1 Å². The molecule has 1 aliphatic heterocycles. The Labute approximate surface area is 166 Å². The lowest BCUT2D eigenvalue weighted by molar-refractivity contribution is -0.143. The number of amides is 1. The summed E-state index contributed by atoms with van der Waals surface area (Å²) in [6.07, 6.45) is 0.628. The molecule has 1 aliphatic rings. The van der Waals surface area contributed by atoms with E-state index in [4.69, 9.17) is 0 Å². The summed E-state index contributed by atoms with van der Waals surface area (Å²) in [5, 5.41) is 9.35. The third-order valence-electron chi connectivity index (χ3n) is 5.22. The Kier molecular flexibility index (Phi) is 6.47. The molecule has 0 aliphatic carbocycles. The molecule has 1 fully saturated rings. The van der Waals surface area contributed by atoms with Gasteiger partial charge in [0.05, 0.1) is 5.92 Å². The fourth-order valence-electron chi connectivity index (χ4n) is 3.94. The average molecular weight is 380 g/mol. The van der Waals surface area contributed by atoms with Gasteiger partial charge in [-0.1, -0.05) is 49.4 Å². The third-order valence-corrected chi connectivity index (χ3v) is 5.22. The highest BCUT2D eigenvalue weighted by Gasteiger charge is 2.32. The lowest BCUT2D eigenvalue weighted by atomic mass is 9.90. The minimum absolute atomic E-state index is 0.0784. The molecule has 0 radical (unpaired) electrons. The molecule has 148 valence electrons. The minimum Gasteiger partial charge on any atom is -0.481 e. The number of benzene rings is 2. The van der Waals surface area contributed by atoms with Crippen LogP contribution in [0.25, 0.3) is 0 Å². The molecule has 3 rings (SSSR count). The van der Waals surface area contributed by atoms with Gasteiger partial charge in [-0.2, -0.15) is 0 Å². The second-order valence-corrected chi connectivity index (χ2v) is 7.94. The van der Waals surface area contributed by atoms with Crippen molar-refractivity contribution < 1.29 is 14.7 Å². The van der Waals surface area contributed by atoms with Crippen molar-refractivity contribution in [2.24, 2.45) is 11.8 Å². The van der Waals surface area contributed by atoms with Crippen molar-refractivity contribution in [2.45, 2.75) is 26.4 Å². The second kappa shape index (κ2) is 9.02. The molecule has 28 heavy (non-hydrogen) atoms. The van der Waals surface area contributed by atoms with Crippen LogP contribution in [0.15, 0.2) is 54.6 Å². The standard InChI is InChI=1S/C23H28N2O3/c1-17-11-21(23(27)28)16-25(13-17)22(26)20-10-6-9-19(12-20)15-24(2)14-18-7-4-3-5-8-18/h3-10,12,17,21H,11,13-16H2,1-2H3,(H,27,28). The number of carbonyl (C=O) groups excluding carboxylic acids is 1. The first-order valence-corrected chi connectivity index (χ1v) is 9.76. The average Bonchev–Trinajstić information content (AvgIpc) is 2.67. The fourth-order valence-corrected chi connectivity index (χ4v) is 3.94. The van der Waals surface area contributed by atoms with Gasteiger partial charge in [0.1, 0.15) is 0 Å².